The lowest BCUT2D eigenvalue weighted by atomic mass is 10.4. The molecule has 0 aromatic rings. The van der Waals surface area contributed by atoms with Crippen LogP contribution >= 0.6 is 23.5 Å². The Labute approximate surface area is 75.8 Å². The highest BCUT2D eigenvalue weighted by molar-refractivity contribution is 8.05. The standard InChI is InChI=1S/C7H12NOS2/c1-3-11-7(8-1)6-5-9-2-4-10-6/h7-8H,1-5H2. The van der Waals surface area contributed by atoms with Gasteiger partial charge in [0, 0.05) is 18.1 Å². The second-order valence-corrected chi connectivity index (χ2v) is 5.01. The Morgan fingerprint density at radius 3 is 3.09 bits per heavy atom. The van der Waals surface area contributed by atoms with Gasteiger partial charge in [0.25, 0.3) is 0 Å². The van der Waals surface area contributed by atoms with Crippen LogP contribution in [0.4, 0.5) is 0 Å². The summed E-state index contributed by atoms with van der Waals surface area (Å²) >= 11 is 3.97. The Morgan fingerprint density at radius 1 is 1.45 bits per heavy atom. The second kappa shape index (κ2) is 4.03. The molecule has 2 fully saturated rings. The van der Waals surface area contributed by atoms with Gasteiger partial charge in [-0.1, -0.05) is 0 Å². The summed E-state index contributed by atoms with van der Waals surface area (Å²) in [6.45, 7) is 2.93. The van der Waals surface area contributed by atoms with Gasteiger partial charge < -0.3 is 10.1 Å². The fourth-order valence-electron chi connectivity index (χ4n) is 1.23. The smallest absolute Gasteiger partial charge is 0.0831 e. The zero-order chi connectivity index (χ0) is 7.52. The Kier molecular flexibility index (Phi) is 3.01. The molecule has 2 heterocycles. The van der Waals surface area contributed by atoms with Crippen LogP contribution in [0.2, 0.25) is 0 Å². The van der Waals surface area contributed by atoms with Crippen molar-refractivity contribution in [2.24, 2.45) is 0 Å². The maximum atomic E-state index is 5.38. The molecule has 4 heteroatoms. The van der Waals surface area contributed by atoms with Crippen LogP contribution in [-0.2, 0) is 4.74 Å². The molecule has 0 aliphatic carbocycles. The van der Waals surface area contributed by atoms with Crippen LogP contribution in [0.15, 0.2) is 0 Å². The monoisotopic (exact) mass is 190 g/mol. The van der Waals surface area contributed by atoms with Crippen LogP contribution < -0.4 is 5.32 Å². The van der Waals surface area contributed by atoms with Crippen molar-refractivity contribution in [1.82, 2.24) is 5.32 Å². The molecule has 0 aromatic carbocycles. The topological polar surface area (TPSA) is 21.3 Å². The van der Waals surface area contributed by atoms with Crippen molar-refractivity contribution in [2.45, 2.75) is 5.37 Å². The van der Waals surface area contributed by atoms with Crippen LogP contribution in [0.1, 0.15) is 0 Å². The summed E-state index contributed by atoms with van der Waals surface area (Å²) in [5.41, 5.74) is 0. The molecule has 2 saturated heterocycles. The van der Waals surface area contributed by atoms with Gasteiger partial charge in [-0.15, -0.1) is 23.5 Å². The van der Waals surface area contributed by atoms with Crippen LogP contribution in [0.3, 0.4) is 0 Å². The van der Waals surface area contributed by atoms with Gasteiger partial charge in [-0.25, -0.2) is 0 Å². The van der Waals surface area contributed by atoms with Gasteiger partial charge in [0.05, 0.1) is 23.8 Å². The number of rotatable bonds is 1. The highest BCUT2D eigenvalue weighted by Gasteiger charge is 2.28. The normalized spacial score (nSPS) is 34.4. The quantitative estimate of drug-likeness (QED) is 0.664. The minimum absolute atomic E-state index is 0.570. The number of thioether (sulfide) groups is 2. The molecular formula is C7H12NOS2. The number of hydrogen-bond donors (Lipinski definition) is 1. The van der Waals surface area contributed by atoms with E-state index in [0.29, 0.717) is 5.37 Å². The van der Waals surface area contributed by atoms with Crippen molar-refractivity contribution < 1.29 is 4.74 Å². The van der Waals surface area contributed by atoms with Crippen LogP contribution in [-0.4, -0.2) is 36.6 Å². The zero-order valence-corrected chi connectivity index (χ0v) is 7.97. The summed E-state index contributed by atoms with van der Waals surface area (Å²) in [5, 5.41) is 5.51. The highest BCUT2D eigenvalue weighted by atomic mass is 32.2. The van der Waals surface area contributed by atoms with E-state index in [2.05, 4.69) is 5.32 Å². The van der Waals surface area contributed by atoms with Crippen LogP contribution in [0.5, 0.6) is 0 Å². The Hall–Kier alpha value is 0.620. The van der Waals surface area contributed by atoms with Crippen LogP contribution in [0, 0.1) is 5.25 Å². The molecule has 0 amide bonds. The summed E-state index contributed by atoms with van der Waals surface area (Å²) in [7, 11) is 0. The van der Waals surface area contributed by atoms with Gasteiger partial charge in [0.15, 0.2) is 0 Å². The third kappa shape index (κ3) is 2.05. The van der Waals surface area contributed by atoms with E-state index in [9.17, 15) is 0 Å². The summed E-state index contributed by atoms with van der Waals surface area (Å²) in [6.07, 6.45) is 0. The van der Waals surface area contributed by atoms with Gasteiger partial charge in [0.1, 0.15) is 0 Å². The van der Waals surface area contributed by atoms with Crippen molar-refractivity contribution in [2.75, 3.05) is 31.3 Å². The molecule has 0 spiro atoms. The number of ether oxygens (including phenoxy) is 1. The average Bonchev–Trinajstić information content (AvgIpc) is 2.58. The average molecular weight is 190 g/mol. The first-order chi connectivity index (χ1) is 5.47. The lowest BCUT2D eigenvalue weighted by molar-refractivity contribution is 0.159. The fraction of sp³-hybridized carbons (Fsp3) is 0.857. The molecule has 1 unspecified atom stereocenters. The minimum Gasteiger partial charge on any atom is -0.379 e. The molecule has 0 saturated carbocycles. The maximum Gasteiger partial charge on any atom is 0.0831 e. The van der Waals surface area contributed by atoms with Crippen molar-refractivity contribution in [3.63, 3.8) is 0 Å². The molecule has 2 nitrogen and oxygen atoms in total. The summed E-state index contributed by atoms with van der Waals surface area (Å²) < 4.78 is 5.38. The first kappa shape index (κ1) is 8.23. The van der Waals surface area contributed by atoms with E-state index in [0.717, 1.165) is 25.5 Å². The third-order valence-corrected chi connectivity index (χ3v) is 4.24. The van der Waals surface area contributed by atoms with Crippen molar-refractivity contribution in [1.29, 1.82) is 0 Å². The maximum absolute atomic E-state index is 5.38. The number of nitrogens with one attached hydrogen (secondary N) is 1. The molecule has 2 rings (SSSR count). The van der Waals surface area contributed by atoms with Gasteiger partial charge >= 0.3 is 0 Å². The highest BCUT2D eigenvalue weighted by Crippen LogP contribution is 2.34. The zero-order valence-electron chi connectivity index (χ0n) is 6.34. The third-order valence-electron chi connectivity index (χ3n) is 1.77. The van der Waals surface area contributed by atoms with E-state index < -0.39 is 0 Å². The van der Waals surface area contributed by atoms with E-state index in [4.69, 9.17) is 4.74 Å². The molecule has 11 heavy (non-hydrogen) atoms. The molecular weight excluding hydrogens is 178 g/mol. The molecule has 2 aliphatic heterocycles. The molecule has 1 N–H and O–H groups in total. The Balaban J connectivity index is 1.82. The van der Waals surface area contributed by atoms with E-state index in [1.54, 1.807) is 0 Å². The first-order valence-corrected chi connectivity index (χ1v) is 5.91. The van der Waals surface area contributed by atoms with E-state index in [-0.39, 0.29) is 0 Å². The van der Waals surface area contributed by atoms with Gasteiger partial charge in [-0.2, -0.15) is 0 Å². The lowest BCUT2D eigenvalue weighted by Gasteiger charge is -2.25. The first-order valence-electron chi connectivity index (χ1n) is 3.88. The van der Waals surface area contributed by atoms with E-state index in [1.165, 1.54) is 11.0 Å². The predicted molar refractivity (Wildman–Crippen MR) is 50.8 cm³/mol. The Morgan fingerprint density at radius 2 is 2.45 bits per heavy atom. The van der Waals surface area contributed by atoms with Crippen molar-refractivity contribution in [3.8, 4) is 0 Å². The van der Waals surface area contributed by atoms with E-state index >= 15 is 0 Å². The molecule has 0 aromatic heterocycles. The van der Waals surface area contributed by atoms with Gasteiger partial charge in [-0.05, 0) is 0 Å². The lowest BCUT2D eigenvalue weighted by Crippen LogP contribution is -2.30. The molecule has 1 radical (unpaired) electrons. The largest absolute Gasteiger partial charge is 0.379 e. The Bertz CT molecular complexity index is 122. The van der Waals surface area contributed by atoms with Crippen LogP contribution in [0.25, 0.3) is 0 Å². The predicted octanol–water partition coefficient (Wildman–Crippen LogP) is 0.944. The fourth-order valence-corrected chi connectivity index (χ4v) is 3.46. The van der Waals surface area contributed by atoms with Crippen molar-refractivity contribution >= 4 is 23.5 Å². The SMILES string of the molecule is C1CSC([C]2COCCS2)N1. The van der Waals surface area contributed by atoms with Crippen molar-refractivity contribution in [3.05, 3.63) is 5.25 Å². The molecule has 1 atom stereocenters. The molecule has 2 aliphatic rings. The summed E-state index contributed by atoms with van der Waals surface area (Å²) in [5.74, 6) is 2.38. The summed E-state index contributed by atoms with van der Waals surface area (Å²) in [6, 6.07) is 0. The minimum atomic E-state index is 0.570. The van der Waals surface area contributed by atoms with Gasteiger partial charge in [0.2, 0.25) is 0 Å². The molecule has 0 bridgehead atoms. The van der Waals surface area contributed by atoms with Gasteiger partial charge in [-0.3, -0.25) is 0 Å². The van der Waals surface area contributed by atoms with E-state index in [1.807, 2.05) is 23.5 Å². The summed E-state index contributed by atoms with van der Waals surface area (Å²) in [4.78, 5) is 0. The second-order valence-electron chi connectivity index (χ2n) is 2.57. The number of hydrogen-bond acceptors (Lipinski definition) is 4. The molecule has 63 valence electrons.